The van der Waals surface area contributed by atoms with Crippen LogP contribution in [0.4, 0.5) is 0 Å². The van der Waals surface area contributed by atoms with E-state index >= 15 is 0 Å². The van der Waals surface area contributed by atoms with Crippen molar-refractivity contribution >= 4 is 0 Å². The van der Waals surface area contributed by atoms with Crippen LogP contribution in [0.25, 0.3) is 0 Å². The molecule has 4 nitrogen and oxygen atoms in total. The summed E-state index contributed by atoms with van der Waals surface area (Å²) in [4.78, 5) is 4.28. The van der Waals surface area contributed by atoms with Gasteiger partial charge >= 0.3 is 0 Å². The Kier molecular flexibility index (Phi) is 5.01. The Morgan fingerprint density at radius 3 is 2.80 bits per heavy atom. The van der Waals surface area contributed by atoms with E-state index in [1.165, 1.54) is 11.4 Å². The van der Waals surface area contributed by atoms with Gasteiger partial charge in [0, 0.05) is 30.2 Å². The van der Waals surface area contributed by atoms with Crippen LogP contribution in [-0.2, 0) is 6.54 Å². The number of aromatic nitrogens is 3. The summed E-state index contributed by atoms with van der Waals surface area (Å²) < 4.78 is 4.54. The van der Waals surface area contributed by atoms with Gasteiger partial charge in [-0.15, -0.1) is 0 Å². The minimum absolute atomic E-state index is 0.375. The van der Waals surface area contributed by atoms with E-state index in [9.17, 15) is 0 Å². The number of hydrogen-bond donors (Lipinski definition) is 1. The van der Waals surface area contributed by atoms with Crippen LogP contribution in [0.5, 0.6) is 0 Å². The maximum absolute atomic E-state index is 4.28. The van der Waals surface area contributed by atoms with Gasteiger partial charge in [0.15, 0.2) is 0 Å². The largest absolute Gasteiger partial charge is 0.344 e. The van der Waals surface area contributed by atoms with Gasteiger partial charge in [0.05, 0.1) is 18.6 Å². The van der Waals surface area contributed by atoms with Crippen molar-refractivity contribution in [3.8, 4) is 0 Å². The fourth-order valence-electron chi connectivity index (χ4n) is 2.52. The van der Waals surface area contributed by atoms with Crippen LogP contribution in [-0.4, -0.2) is 20.7 Å². The lowest BCUT2D eigenvalue weighted by Crippen LogP contribution is -2.22. The number of nitrogens with zero attached hydrogens (tertiary/aromatic N) is 3. The molecule has 0 fully saturated rings. The molecule has 0 amide bonds. The molecule has 0 aliphatic heterocycles. The summed E-state index contributed by atoms with van der Waals surface area (Å²) in [6, 6.07) is 5.14. The summed E-state index contributed by atoms with van der Waals surface area (Å²) in [6.07, 6.45) is 7.19. The fraction of sp³-hybridized carbons (Fsp3) is 0.562. The van der Waals surface area contributed by atoms with Crippen molar-refractivity contribution < 1.29 is 0 Å². The van der Waals surface area contributed by atoms with Crippen molar-refractivity contribution in [1.29, 1.82) is 0 Å². The quantitative estimate of drug-likeness (QED) is 0.840. The molecule has 0 bridgehead atoms. The summed E-state index contributed by atoms with van der Waals surface area (Å²) >= 11 is 0. The van der Waals surface area contributed by atoms with Crippen molar-refractivity contribution in [2.24, 2.45) is 0 Å². The molecular formula is C16H26N4. The molecule has 110 valence electrons. The summed E-state index contributed by atoms with van der Waals surface area (Å²) in [6.45, 7) is 10.7. The smallest absolute Gasteiger partial charge is 0.0951 e. The predicted molar refractivity (Wildman–Crippen MR) is 82.9 cm³/mol. The number of rotatable bonds is 7. The topological polar surface area (TPSA) is 34.8 Å². The zero-order valence-corrected chi connectivity index (χ0v) is 13.0. The third-order valence-corrected chi connectivity index (χ3v) is 3.64. The highest BCUT2D eigenvalue weighted by Crippen LogP contribution is 2.17. The molecule has 0 radical (unpaired) electrons. The molecule has 0 aliphatic rings. The molecule has 1 atom stereocenters. The van der Waals surface area contributed by atoms with Crippen molar-refractivity contribution in [3.63, 3.8) is 0 Å². The van der Waals surface area contributed by atoms with E-state index in [1.54, 1.807) is 0 Å². The average Bonchev–Trinajstić information content (AvgIpc) is 3.05. The van der Waals surface area contributed by atoms with E-state index in [-0.39, 0.29) is 0 Å². The van der Waals surface area contributed by atoms with E-state index < -0.39 is 0 Å². The van der Waals surface area contributed by atoms with Crippen LogP contribution in [0.2, 0.25) is 0 Å². The van der Waals surface area contributed by atoms with Gasteiger partial charge in [0.1, 0.15) is 0 Å². The van der Waals surface area contributed by atoms with Crippen LogP contribution in [0.15, 0.2) is 30.9 Å². The van der Waals surface area contributed by atoms with Crippen LogP contribution < -0.4 is 5.32 Å². The molecule has 0 aromatic carbocycles. The highest BCUT2D eigenvalue weighted by atomic mass is 15.1. The summed E-state index contributed by atoms with van der Waals surface area (Å²) in [5.74, 6) is 0. The molecule has 0 aliphatic carbocycles. The molecule has 4 heteroatoms. The minimum Gasteiger partial charge on any atom is -0.344 e. The Morgan fingerprint density at radius 2 is 2.10 bits per heavy atom. The SMILES string of the molecule is CCCNC(C)c1cccn1Cc1cncn1C(C)C. The monoisotopic (exact) mass is 274 g/mol. The lowest BCUT2D eigenvalue weighted by atomic mass is 10.2. The molecule has 2 heterocycles. The lowest BCUT2D eigenvalue weighted by Gasteiger charge is -2.18. The van der Waals surface area contributed by atoms with Crippen molar-refractivity contribution in [2.75, 3.05) is 6.54 Å². The summed E-state index contributed by atoms with van der Waals surface area (Å²) in [7, 11) is 0. The average molecular weight is 274 g/mol. The Labute approximate surface area is 121 Å². The van der Waals surface area contributed by atoms with Crippen molar-refractivity contribution in [1.82, 2.24) is 19.4 Å². The number of hydrogen-bond acceptors (Lipinski definition) is 2. The number of nitrogens with one attached hydrogen (secondary N) is 1. The molecule has 0 saturated carbocycles. The van der Waals surface area contributed by atoms with Gasteiger partial charge in [-0.05, 0) is 45.9 Å². The zero-order chi connectivity index (χ0) is 14.5. The van der Waals surface area contributed by atoms with Gasteiger partial charge < -0.3 is 14.5 Å². The Hall–Kier alpha value is -1.55. The van der Waals surface area contributed by atoms with Crippen LogP contribution in [0, 0.1) is 0 Å². The summed E-state index contributed by atoms with van der Waals surface area (Å²) in [5, 5.41) is 3.55. The first kappa shape index (κ1) is 14.9. The highest BCUT2D eigenvalue weighted by molar-refractivity contribution is 5.14. The fourth-order valence-corrected chi connectivity index (χ4v) is 2.52. The molecule has 20 heavy (non-hydrogen) atoms. The Morgan fingerprint density at radius 1 is 1.30 bits per heavy atom. The van der Waals surface area contributed by atoms with Crippen molar-refractivity contribution in [2.45, 2.75) is 52.7 Å². The van der Waals surface area contributed by atoms with Gasteiger partial charge in [0.25, 0.3) is 0 Å². The molecule has 2 aromatic heterocycles. The molecule has 1 unspecified atom stereocenters. The van der Waals surface area contributed by atoms with E-state index in [2.05, 4.69) is 65.5 Å². The second-order valence-corrected chi connectivity index (χ2v) is 5.62. The van der Waals surface area contributed by atoms with Crippen LogP contribution >= 0.6 is 0 Å². The van der Waals surface area contributed by atoms with E-state index in [0.29, 0.717) is 12.1 Å². The van der Waals surface area contributed by atoms with Gasteiger partial charge in [0.2, 0.25) is 0 Å². The summed E-state index contributed by atoms with van der Waals surface area (Å²) in [5.41, 5.74) is 2.58. The lowest BCUT2D eigenvalue weighted by molar-refractivity contribution is 0.519. The molecule has 2 aromatic rings. The van der Waals surface area contributed by atoms with E-state index in [4.69, 9.17) is 0 Å². The minimum atomic E-state index is 0.375. The second-order valence-electron chi connectivity index (χ2n) is 5.62. The third-order valence-electron chi connectivity index (χ3n) is 3.64. The highest BCUT2D eigenvalue weighted by Gasteiger charge is 2.12. The normalized spacial score (nSPS) is 13.1. The van der Waals surface area contributed by atoms with E-state index in [1.807, 2.05) is 12.5 Å². The van der Waals surface area contributed by atoms with Crippen LogP contribution in [0.1, 0.15) is 57.6 Å². The first-order chi connectivity index (χ1) is 9.63. The zero-order valence-electron chi connectivity index (χ0n) is 13.0. The first-order valence-corrected chi connectivity index (χ1v) is 7.52. The van der Waals surface area contributed by atoms with Crippen LogP contribution in [0.3, 0.4) is 0 Å². The molecule has 2 rings (SSSR count). The first-order valence-electron chi connectivity index (χ1n) is 7.52. The van der Waals surface area contributed by atoms with E-state index in [0.717, 1.165) is 19.5 Å². The van der Waals surface area contributed by atoms with Gasteiger partial charge in [-0.25, -0.2) is 4.98 Å². The van der Waals surface area contributed by atoms with Crippen molar-refractivity contribution in [3.05, 3.63) is 42.2 Å². The maximum atomic E-state index is 4.28. The Bertz CT molecular complexity index is 524. The maximum Gasteiger partial charge on any atom is 0.0951 e. The molecule has 1 N–H and O–H groups in total. The second kappa shape index (κ2) is 6.75. The standard InChI is InChI=1S/C16H26N4/c1-5-8-18-14(4)16-7-6-9-19(16)11-15-10-17-12-20(15)13(2)3/h6-7,9-10,12-14,18H,5,8,11H2,1-4H3. The molecular weight excluding hydrogens is 248 g/mol. The van der Waals surface area contributed by atoms with Gasteiger partial charge in [-0.3, -0.25) is 0 Å². The Balaban J connectivity index is 2.14. The molecule has 0 spiro atoms. The predicted octanol–water partition coefficient (Wildman–Crippen LogP) is 3.37. The van der Waals surface area contributed by atoms with Gasteiger partial charge in [-0.2, -0.15) is 0 Å². The van der Waals surface area contributed by atoms with Gasteiger partial charge in [-0.1, -0.05) is 6.92 Å². The molecule has 0 saturated heterocycles. The third kappa shape index (κ3) is 3.31. The number of imidazole rings is 1.